The second kappa shape index (κ2) is 6.55. The molecule has 0 aliphatic rings. The van der Waals surface area contributed by atoms with E-state index in [9.17, 15) is 18.0 Å². The van der Waals surface area contributed by atoms with Crippen molar-refractivity contribution in [3.8, 4) is 0 Å². The van der Waals surface area contributed by atoms with Crippen molar-refractivity contribution < 1.29 is 18.0 Å². The molecule has 3 rings (SSSR count). The van der Waals surface area contributed by atoms with Gasteiger partial charge in [-0.05, 0) is 24.6 Å². The van der Waals surface area contributed by atoms with Crippen molar-refractivity contribution in [2.75, 3.05) is 0 Å². The third-order valence-corrected chi connectivity index (χ3v) is 3.82. The van der Waals surface area contributed by atoms with Gasteiger partial charge >= 0.3 is 6.18 Å². The molecular formula is C19H15F3N2O. The highest BCUT2D eigenvalue weighted by Gasteiger charge is 2.42. The molecule has 0 aliphatic heterocycles. The van der Waals surface area contributed by atoms with Crippen LogP contribution in [0.4, 0.5) is 13.2 Å². The summed E-state index contributed by atoms with van der Waals surface area (Å²) in [5.41, 5.74) is 1.29. The van der Waals surface area contributed by atoms with E-state index in [1.54, 1.807) is 37.3 Å². The highest BCUT2D eigenvalue weighted by Crippen LogP contribution is 2.33. The standard InChI is InChI=1S/C19H15F3N2O/c1-12-11-15(14-9-5-6-10-16(14)23-12)18(25)24-17(19(20,21)22)13-7-3-2-4-8-13/h2-11,17H,1H3,(H,24,25). The van der Waals surface area contributed by atoms with E-state index in [0.29, 0.717) is 16.6 Å². The second-order valence-electron chi connectivity index (χ2n) is 5.69. The maximum Gasteiger partial charge on any atom is 0.412 e. The molecule has 3 aromatic rings. The Morgan fingerprint density at radius 2 is 1.68 bits per heavy atom. The molecule has 1 aromatic heterocycles. The fraction of sp³-hybridized carbons (Fsp3) is 0.158. The zero-order chi connectivity index (χ0) is 18.0. The van der Waals surface area contributed by atoms with Crippen LogP contribution in [0.1, 0.15) is 27.7 Å². The van der Waals surface area contributed by atoms with Crippen LogP contribution < -0.4 is 5.32 Å². The molecule has 0 saturated carbocycles. The molecule has 1 atom stereocenters. The number of alkyl halides is 3. The molecule has 0 radical (unpaired) electrons. The van der Waals surface area contributed by atoms with Gasteiger partial charge in [-0.2, -0.15) is 13.2 Å². The fourth-order valence-electron chi connectivity index (χ4n) is 2.70. The minimum atomic E-state index is -4.60. The molecule has 6 heteroatoms. The Morgan fingerprint density at radius 1 is 1.04 bits per heavy atom. The molecule has 2 aromatic carbocycles. The number of rotatable bonds is 3. The van der Waals surface area contributed by atoms with Crippen molar-refractivity contribution in [2.24, 2.45) is 0 Å². The van der Waals surface area contributed by atoms with Crippen LogP contribution in [0.2, 0.25) is 0 Å². The SMILES string of the molecule is Cc1cc(C(=O)NC(c2ccccc2)C(F)(F)F)c2ccccc2n1. The predicted octanol–water partition coefficient (Wildman–Crippen LogP) is 4.58. The molecule has 0 bridgehead atoms. The van der Waals surface area contributed by atoms with Crippen molar-refractivity contribution in [1.29, 1.82) is 0 Å². The van der Waals surface area contributed by atoms with E-state index in [-0.39, 0.29) is 11.1 Å². The number of halogens is 3. The summed E-state index contributed by atoms with van der Waals surface area (Å²) in [6.45, 7) is 1.70. The third-order valence-electron chi connectivity index (χ3n) is 3.82. The van der Waals surface area contributed by atoms with Crippen LogP contribution in [0.15, 0.2) is 60.7 Å². The van der Waals surface area contributed by atoms with E-state index in [1.807, 2.05) is 0 Å². The van der Waals surface area contributed by atoms with E-state index in [0.717, 1.165) is 0 Å². The lowest BCUT2D eigenvalue weighted by Gasteiger charge is -2.22. The van der Waals surface area contributed by atoms with E-state index in [2.05, 4.69) is 10.3 Å². The van der Waals surface area contributed by atoms with Crippen LogP contribution in [0.5, 0.6) is 0 Å². The molecule has 0 aliphatic carbocycles. The number of carbonyl (C=O) groups excluding carboxylic acids is 1. The number of para-hydroxylation sites is 1. The van der Waals surface area contributed by atoms with Gasteiger partial charge in [-0.25, -0.2) is 0 Å². The molecular weight excluding hydrogens is 329 g/mol. The first-order chi connectivity index (χ1) is 11.9. The van der Waals surface area contributed by atoms with Gasteiger partial charge in [0.05, 0.1) is 11.1 Å². The first kappa shape index (κ1) is 17.0. The Bertz CT molecular complexity index is 907. The largest absolute Gasteiger partial charge is 0.412 e. The number of aromatic nitrogens is 1. The third kappa shape index (κ3) is 3.63. The van der Waals surface area contributed by atoms with Crippen LogP contribution in [-0.2, 0) is 0 Å². The highest BCUT2D eigenvalue weighted by molar-refractivity contribution is 6.06. The van der Waals surface area contributed by atoms with Gasteiger partial charge < -0.3 is 5.32 Å². The van der Waals surface area contributed by atoms with Crippen LogP contribution in [0, 0.1) is 6.92 Å². The first-order valence-electron chi connectivity index (χ1n) is 7.65. The molecule has 1 amide bonds. The summed E-state index contributed by atoms with van der Waals surface area (Å²) in [6.07, 6.45) is -4.60. The lowest BCUT2D eigenvalue weighted by molar-refractivity contribution is -0.155. The van der Waals surface area contributed by atoms with Crippen LogP contribution in [0.3, 0.4) is 0 Å². The summed E-state index contributed by atoms with van der Waals surface area (Å²) in [5.74, 6) is -0.784. The molecule has 3 nitrogen and oxygen atoms in total. The quantitative estimate of drug-likeness (QED) is 0.756. The zero-order valence-corrected chi connectivity index (χ0v) is 13.3. The summed E-state index contributed by atoms with van der Waals surface area (Å²) in [5, 5.41) is 2.63. The van der Waals surface area contributed by atoms with Crippen molar-refractivity contribution >= 4 is 16.8 Å². The smallest absolute Gasteiger partial charge is 0.337 e. The summed E-state index contributed by atoms with van der Waals surface area (Å²) < 4.78 is 40.3. The van der Waals surface area contributed by atoms with E-state index in [4.69, 9.17) is 0 Å². The Balaban J connectivity index is 2.01. The zero-order valence-electron chi connectivity index (χ0n) is 13.3. The maximum atomic E-state index is 13.4. The normalized spacial score (nSPS) is 12.8. The lowest BCUT2D eigenvalue weighted by Crippen LogP contribution is -2.38. The van der Waals surface area contributed by atoms with Crippen molar-refractivity contribution in [2.45, 2.75) is 19.1 Å². The van der Waals surface area contributed by atoms with Gasteiger partial charge in [0, 0.05) is 11.1 Å². The number of pyridine rings is 1. The van der Waals surface area contributed by atoms with E-state index >= 15 is 0 Å². The first-order valence-corrected chi connectivity index (χ1v) is 7.65. The minimum Gasteiger partial charge on any atom is -0.337 e. The van der Waals surface area contributed by atoms with Gasteiger partial charge in [-0.3, -0.25) is 9.78 Å². The maximum absolute atomic E-state index is 13.4. The van der Waals surface area contributed by atoms with Crippen LogP contribution >= 0.6 is 0 Å². The van der Waals surface area contributed by atoms with Gasteiger partial charge in [-0.1, -0.05) is 48.5 Å². The summed E-state index contributed by atoms with van der Waals surface area (Å²) in [6, 6.07) is 13.6. The van der Waals surface area contributed by atoms with E-state index in [1.165, 1.54) is 30.3 Å². The van der Waals surface area contributed by atoms with Gasteiger partial charge in [0.2, 0.25) is 0 Å². The van der Waals surface area contributed by atoms with E-state index < -0.39 is 18.1 Å². The molecule has 1 N–H and O–H groups in total. The molecule has 0 fully saturated rings. The Hall–Kier alpha value is -2.89. The van der Waals surface area contributed by atoms with Crippen LogP contribution in [0.25, 0.3) is 10.9 Å². The summed E-state index contributed by atoms with van der Waals surface area (Å²) in [4.78, 5) is 16.9. The summed E-state index contributed by atoms with van der Waals surface area (Å²) in [7, 11) is 0. The Kier molecular flexibility index (Phi) is 4.44. The average Bonchev–Trinajstić information content (AvgIpc) is 2.58. The number of fused-ring (bicyclic) bond motifs is 1. The fourth-order valence-corrected chi connectivity index (χ4v) is 2.70. The number of amides is 1. The lowest BCUT2D eigenvalue weighted by atomic mass is 10.0. The molecule has 0 spiro atoms. The average molecular weight is 344 g/mol. The molecule has 1 unspecified atom stereocenters. The topological polar surface area (TPSA) is 42.0 Å². The van der Waals surface area contributed by atoms with Gasteiger partial charge in [0.25, 0.3) is 5.91 Å². The number of nitrogens with zero attached hydrogens (tertiary/aromatic N) is 1. The molecule has 25 heavy (non-hydrogen) atoms. The van der Waals surface area contributed by atoms with Gasteiger partial charge in [-0.15, -0.1) is 0 Å². The Morgan fingerprint density at radius 3 is 2.36 bits per heavy atom. The van der Waals surface area contributed by atoms with Gasteiger partial charge in [0.1, 0.15) is 0 Å². The number of aryl methyl sites for hydroxylation is 1. The Labute approximate surface area is 142 Å². The van der Waals surface area contributed by atoms with Crippen molar-refractivity contribution in [3.63, 3.8) is 0 Å². The number of carbonyl (C=O) groups is 1. The predicted molar refractivity (Wildman–Crippen MR) is 89.2 cm³/mol. The number of benzene rings is 2. The van der Waals surface area contributed by atoms with Gasteiger partial charge in [0.15, 0.2) is 6.04 Å². The minimum absolute atomic E-state index is 0.0153. The monoisotopic (exact) mass is 344 g/mol. The van der Waals surface area contributed by atoms with Crippen molar-refractivity contribution in [3.05, 3.63) is 77.5 Å². The molecule has 1 heterocycles. The summed E-state index contributed by atoms with van der Waals surface area (Å²) >= 11 is 0. The van der Waals surface area contributed by atoms with Crippen molar-refractivity contribution in [1.82, 2.24) is 10.3 Å². The number of nitrogens with one attached hydrogen (secondary N) is 1. The number of hydrogen-bond acceptors (Lipinski definition) is 2. The highest BCUT2D eigenvalue weighted by atomic mass is 19.4. The second-order valence-corrected chi connectivity index (χ2v) is 5.69. The molecule has 0 saturated heterocycles. The van der Waals surface area contributed by atoms with Crippen LogP contribution in [-0.4, -0.2) is 17.1 Å². The number of hydrogen-bond donors (Lipinski definition) is 1. The molecule has 128 valence electrons.